The normalized spacial score (nSPS) is 10.5. The quantitative estimate of drug-likeness (QED) is 0.593. The molecule has 2 rings (SSSR count). The van der Waals surface area contributed by atoms with E-state index in [-0.39, 0.29) is 17.6 Å². The Kier molecular flexibility index (Phi) is 4.44. The maximum Gasteiger partial charge on any atom is 0.257 e. The summed E-state index contributed by atoms with van der Waals surface area (Å²) < 4.78 is 12.8. The van der Waals surface area contributed by atoms with E-state index < -0.39 is 5.82 Å². The SMILES string of the molecule is CC(C)c1cc(C(=O)Nc2ccc(F)cn2)cc(NN)n1. The molecule has 2 heterocycles. The zero-order valence-corrected chi connectivity index (χ0v) is 11.7. The molecule has 0 aliphatic carbocycles. The molecule has 0 radical (unpaired) electrons. The summed E-state index contributed by atoms with van der Waals surface area (Å²) in [5.74, 6) is 5.35. The van der Waals surface area contributed by atoms with Crippen molar-refractivity contribution >= 4 is 17.5 Å². The Morgan fingerprint density at radius 3 is 2.62 bits per heavy atom. The van der Waals surface area contributed by atoms with Crippen LogP contribution in [0.5, 0.6) is 0 Å². The summed E-state index contributed by atoms with van der Waals surface area (Å²) in [6, 6.07) is 5.83. The van der Waals surface area contributed by atoms with E-state index in [0.717, 1.165) is 11.9 Å². The lowest BCUT2D eigenvalue weighted by Crippen LogP contribution is -2.16. The third kappa shape index (κ3) is 3.73. The van der Waals surface area contributed by atoms with Crippen molar-refractivity contribution in [3.63, 3.8) is 0 Å². The summed E-state index contributed by atoms with van der Waals surface area (Å²) in [5.41, 5.74) is 3.57. The minimum Gasteiger partial charge on any atom is -0.308 e. The average Bonchev–Trinajstić information content (AvgIpc) is 2.49. The molecule has 0 fully saturated rings. The standard InChI is InChI=1S/C14H16FN5O/c1-8(2)11-5-9(6-13(18-11)20-16)14(21)19-12-4-3-10(15)7-17-12/h3-8H,16H2,1-2H3,(H,18,20)(H,17,19,21). The van der Waals surface area contributed by atoms with E-state index in [4.69, 9.17) is 5.84 Å². The molecule has 0 atom stereocenters. The molecule has 0 spiro atoms. The molecule has 0 aliphatic heterocycles. The number of nitrogens with one attached hydrogen (secondary N) is 2. The van der Waals surface area contributed by atoms with Crippen LogP contribution in [0.25, 0.3) is 0 Å². The molecule has 21 heavy (non-hydrogen) atoms. The van der Waals surface area contributed by atoms with E-state index in [9.17, 15) is 9.18 Å². The number of pyridine rings is 2. The second-order valence-corrected chi connectivity index (χ2v) is 4.78. The maximum absolute atomic E-state index is 12.8. The van der Waals surface area contributed by atoms with Crippen molar-refractivity contribution < 1.29 is 9.18 Å². The van der Waals surface area contributed by atoms with Gasteiger partial charge < -0.3 is 10.7 Å². The van der Waals surface area contributed by atoms with Gasteiger partial charge in [-0.05, 0) is 30.2 Å². The number of hydrogen-bond donors (Lipinski definition) is 3. The number of nitrogens with zero attached hydrogens (tertiary/aromatic N) is 2. The fraction of sp³-hybridized carbons (Fsp3) is 0.214. The third-order valence-electron chi connectivity index (χ3n) is 2.82. The highest BCUT2D eigenvalue weighted by Crippen LogP contribution is 2.18. The Hall–Kier alpha value is -2.54. The first kappa shape index (κ1) is 14.9. The summed E-state index contributed by atoms with van der Waals surface area (Å²) in [6.45, 7) is 3.93. The topological polar surface area (TPSA) is 92.9 Å². The first-order valence-corrected chi connectivity index (χ1v) is 6.41. The second kappa shape index (κ2) is 6.27. The summed E-state index contributed by atoms with van der Waals surface area (Å²) in [4.78, 5) is 20.3. The molecule has 0 bridgehead atoms. The van der Waals surface area contributed by atoms with Gasteiger partial charge in [0.05, 0.1) is 6.20 Å². The Labute approximate surface area is 121 Å². The molecule has 4 N–H and O–H groups in total. The molecule has 0 saturated heterocycles. The number of hydrazine groups is 1. The first-order valence-electron chi connectivity index (χ1n) is 6.41. The lowest BCUT2D eigenvalue weighted by molar-refractivity contribution is 0.102. The maximum atomic E-state index is 12.8. The Morgan fingerprint density at radius 1 is 1.29 bits per heavy atom. The number of nitrogen functional groups attached to an aromatic ring is 1. The van der Waals surface area contributed by atoms with Crippen LogP contribution in [-0.4, -0.2) is 15.9 Å². The van der Waals surface area contributed by atoms with Gasteiger partial charge in [-0.2, -0.15) is 0 Å². The van der Waals surface area contributed by atoms with E-state index in [1.807, 2.05) is 13.8 Å². The first-order chi connectivity index (χ1) is 9.99. The zero-order chi connectivity index (χ0) is 15.4. The predicted octanol–water partition coefficient (Wildman–Crippen LogP) is 2.28. The molecule has 0 aromatic carbocycles. The lowest BCUT2D eigenvalue weighted by atomic mass is 10.1. The number of anilines is 2. The van der Waals surface area contributed by atoms with Crippen molar-refractivity contribution in [3.05, 3.63) is 47.5 Å². The van der Waals surface area contributed by atoms with Crippen LogP contribution >= 0.6 is 0 Å². The number of rotatable bonds is 4. The number of carbonyl (C=O) groups excluding carboxylic acids is 1. The Morgan fingerprint density at radius 2 is 2.05 bits per heavy atom. The van der Waals surface area contributed by atoms with Crippen molar-refractivity contribution in [3.8, 4) is 0 Å². The minimum atomic E-state index is -0.464. The average molecular weight is 289 g/mol. The smallest absolute Gasteiger partial charge is 0.257 e. The third-order valence-corrected chi connectivity index (χ3v) is 2.82. The fourth-order valence-corrected chi connectivity index (χ4v) is 1.69. The van der Waals surface area contributed by atoms with Crippen LogP contribution in [0.3, 0.4) is 0 Å². The van der Waals surface area contributed by atoms with Crippen molar-refractivity contribution in [1.82, 2.24) is 9.97 Å². The summed E-state index contributed by atoms with van der Waals surface area (Å²) >= 11 is 0. The van der Waals surface area contributed by atoms with Crippen molar-refractivity contribution in [2.75, 3.05) is 10.7 Å². The summed E-state index contributed by atoms with van der Waals surface area (Å²) in [6.07, 6.45) is 1.04. The molecule has 2 aromatic heterocycles. The van der Waals surface area contributed by atoms with Crippen LogP contribution in [0.2, 0.25) is 0 Å². The van der Waals surface area contributed by atoms with Gasteiger partial charge in [0.25, 0.3) is 5.91 Å². The lowest BCUT2D eigenvalue weighted by Gasteiger charge is -2.11. The van der Waals surface area contributed by atoms with Gasteiger partial charge >= 0.3 is 0 Å². The number of carbonyl (C=O) groups is 1. The number of aromatic nitrogens is 2. The highest BCUT2D eigenvalue weighted by atomic mass is 19.1. The van der Waals surface area contributed by atoms with Gasteiger partial charge in [-0.25, -0.2) is 20.2 Å². The Balaban J connectivity index is 2.25. The van der Waals surface area contributed by atoms with Crippen LogP contribution < -0.4 is 16.6 Å². The fourth-order valence-electron chi connectivity index (χ4n) is 1.69. The largest absolute Gasteiger partial charge is 0.308 e. The van der Waals surface area contributed by atoms with Crippen LogP contribution in [0.4, 0.5) is 16.0 Å². The molecule has 0 unspecified atom stereocenters. The molecule has 7 heteroatoms. The van der Waals surface area contributed by atoms with Crippen LogP contribution in [0, 0.1) is 5.82 Å². The number of nitrogens with two attached hydrogens (primary N) is 1. The van der Waals surface area contributed by atoms with Gasteiger partial charge in [0, 0.05) is 11.3 Å². The van der Waals surface area contributed by atoms with E-state index in [1.165, 1.54) is 18.2 Å². The molecule has 110 valence electrons. The number of hydrogen-bond acceptors (Lipinski definition) is 5. The van der Waals surface area contributed by atoms with Gasteiger partial charge in [-0.1, -0.05) is 13.8 Å². The monoisotopic (exact) mass is 289 g/mol. The van der Waals surface area contributed by atoms with E-state index in [0.29, 0.717) is 11.4 Å². The van der Waals surface area contributed by atoms with Crippen molar-refractivity contribution in [1.29, 1.82) is 0 Å². The zero-order valence-electron chi connectivity index (χ0n) is 11.7. The van der Waals surface area contributed by atoms with Gasteiger partial charge in [-0.3, -0.25) is 4.79 Å². The minimum absolute atomic E-state index is 0.147. The molecular formula is C14H16FN5O. The van der Waals surface area contributed by atoms with Crippen molar-refractivity contribution in [2.45, 2.75) is 19.8 Å². The highest BCUT2D eigenvalue weighted by molar-refractivity contribution is 6.04. The summed E-state index contributed by atoms with van der Waals surface area (Å²) in [7, 11) is 0. The van der Waals surface area contributed by atoms with Gasteiger partial charge in [-0.15, -0.1) is 0 Å². The summed E-state index contributed by atoms with van der Waals surface area (Å²) in [5, 5.41) is 2.59. The molecule has 1 amide bonds. The molecule has 0 aliphatic rings. The second-order valence-electron chi connectivity index (χ2n) is 4.78. The number of halogens is 1. The van der Waals surface area contributed by atoms with E-state index in [2.05, 4.69) is 20.7 Å². The van der Waals surface area contributed by atoms with Crippen LogP contribution in [-0.2, 0) is 0 Å². The number of amides is 1. The molecule has 0 saturated carbocycles. The van der Waals surface area contributed by atoms with Gasteiger partial charge in [0.2, 0.25) is 0 Å². The van der Waals surface area contributed by atoms with E-state index in [1.54, 1.807) is 6.07 Å². The molecule has 6 nitrogen and oxygen atoms in total. The highest BCUT2D eigenvalue weighted by Gasteiger charge is 2.12. The van der Waals surface area contributed by atoms with E-state index >= 15 is 0 Å². The van der Waals surface area contributed by atoms with Crippen LogP contribution in [0.15, 0.2) is 30.5 Å². The Bertz CT molecular complexity index is 642. The van der Waals surface area contributed by atoms with Crippen molar-refractivity contribution in [2.24, 2.45) is 5.84 Å². The van der Waals surface area contributed by atoms with Gasteiger partial charge in [0.1, 0.15) is 17.5 Å². The molecule has 2 aromatic rings. The predicted molar refractivity (Wildman–Crippen MR) is 78.3 cm³/mol. The van der Waals surface area contributed by atoms with Gasteiger partial charge in [0.15, 0.2) is 0 Å². The molecular weight excluding hydrogens is 273 g/mol. The van der Waals surface area contributed by atoms with Crippen LogP contribution in [0.1, 0.15) is 35.8 Å².